The molecule has 0 bridgehead atoms. The maximum absolute atomic E-state index is 13.6. The lowest BCUT2D eigenvalue weighted by Crippen LogP contribution is -2.24. The van der Waals surface area contributed by atoms with Gasteiger partial charge in [-0.05, 0) is 31.5 Å². The number of aromatic nitrogens is 2. The Morgan fingerprint density at radius 3 is 2.68 bits per heavy atom. The fraction of sp³-hybridized carbons (Fsp3) is 0.214. The van der Waals surface area contributed by atoms with Crippen LogP contribution in [-0.2, 0) is 6.54 Å². The number of benzene rings is 1. The second-order valence-electron chi connectivity index (χ2n) is 4.32. The highest BCUT2D eigenvalue weighted by atomic mass is 19.1. The normalized spacial score (nSPS) is 10.3. The first kappa shape index (κ1) is 13.1. The first-order valence-corrected chi connectivity index (χ1v) is 5.88. The van der Waals surface area contributed by atoms with Crippen molar-refractivity contribution in [3.05, 3.63) is 58.9 Å². The summed E-state index contributed by atoms with van der Waals surface area (Å²) in [5, 5.41) is 2.61. The Balaban J connectivity index is 2.03. The predicted molar refractivity (Wildman–Crippen MR) is 69.1 cm³/mol. The van der Waals surface area contributed by atoms with Crippen molar-refractivity contribution >= 4 is 5.91 Å². The minimum atomic E-state index is -0.521. The molecule has 1 heterocycles. The molecule has 0 radical (unpaired) electrons. The third kappa shape index (κ3) is 3.34. The van der Waals surface area contributed by atoms with Crippen molar-refractivity contribution in [1.29, 1.82) is 0 Å². The van der Waals surface area contributed by atoms with Gasteiger partial charge in [0.15, 0.2) is 0 Å². The number of hydrogen-bond donors (Lipinski definition) is 1. The van der Waals surface area contributed by atoms with Gasteiger partial charge in [0.25, 0.3) is 5.91 Å². The highest BCUT2D eigenvalue weighted by Crippen LogP contribution is 2.09. The summed E-state index contributed by atoms with van der Waals surface area (Å²) in [6.45, 7) is 3.82. The van der Waals surface area contributed by atoms with Crippen LogP contribution in [0.15, 0.2) is 30.6 Å². The molecule has 5 heteroatoms. The van der Waals surface area contributed by atoms with Crippen molar-refractivity contribution in [2.45, 2.75) is 20.4 Å². The maximum Gasteiger partial charge on any atom is 0.254 e. The van der Waals surface area contributed by atoms with Crippen LogP contribution in [0, 0.1) is 19.7 Å². The highest BCUT2D eigenvalue weighted by Gasteiger charge is 2.11. The number of aryl methyl sites for hydroxylation is 2. The van der Waals surface area contributed by atoms with Crippen LogP contribution in [-0.4, -0.2) is 15.9 Å². The first-order valence-electron chi connectivity index (χ1n) is 5.88. The molecule has 0 saturated carbocycles. The molecule has 0 aliphatic heterocycles. The molecule has 0 atom stereocenters. The van der Waals surface area contributed by atoms with Gasteiger partial charge >= 0.3 is 0 Å². The Hall–Kier alpha value is -2.30. The smallest absolute Gasteiger partial charge is 0.254 e. The number of nitrogens with one attached hydrogen (secondary N) is 1. The molecule has 0 saturated heterocycles. The number of halogens is 1. The van der Waals surface area contributed by atoms with E-state index in [-0.39, 0.29) is 12.1 Å². The minimum absolute atomic E-state index is 0.0330. The third-order valence-corrected chi connectivity index (χ3v) is 2.63. The summed E-state index contributed by atoms with van der Waals surface area (Å²) in [5.41, 5.74) is 2.25. The number of rotatable bonds is 3. The van der Waals surface area contributed by atoms with Gasteiger partial charge in [-0.15, -0.1) is 0 Å². The van der Waals surface area contributed by atoms with Crippen LogP contribution in [0.3, 0.4) is 0 Å². The second kappa shape index (κ2) is 5.56. The van der Waals surface area contributed by atoms with E-state index in [0.29, 0.717) is 5.69 Å². The van der Waals surface area contributed by atoms with E-state index in [4.69, 9.17) is 0 Å². The van der Waals surface area contributed by atoms with E-state index in [1.807, 2.05) is 6.92 Å². The van der Waals surface area contributed by atoms with Crippen molar-refractivity contribution in [3.63, 3.8) is 0 Å². The molecule has 1 amide bonds. The van der Waals surface area contributed by atoms with Gasteiger partial charge in [-0.1, -0.05) is 6.07 Å². The van der Waals surface area contributed by atoms with Gasteiger partial charge in [-0.3, -0.25) is 14.8 Å². The number of hydrogen-bond acceptors (Lipinski definition) is 3. The quantitative estimate of drug-likeness (QED) is 0.919. The van der Waals surface area contributed by atoms with Crippen molar-refractivity contribution in [3.8, 4) is 0 Å². The molecule has 0 aliphatic rings. The Morgan fingerprint density at radius 1 is 1.26 bits per heavy atom. The van der Waals surface area contributed by atoms with Gasteiger partial charge in [-0.25, -0.2) is 4.39 Å². The molecule has 1 N–H and O–H groups in total. The molecule has 19 heavy (non-hydrogen) atoms. The van der Waals surface area contributed by atoms with E-state index in [9.17, 15) is 9.18 Å². The Morgan fingerprint density at radius 2 is 2.05 bits per heavy atom. The van der Waals surface area contributed by atoms with E-state index >= 15 is 0 Å². The van der Waals surface area contributed by atoms with E-state index in [0.717, 1.165) is 11.3 Å². The minimum Gasteiger partial charge on any atom is -0.346 e. The largest absolute Gasteiger partial charge is 0.346 e. The molecule has 2 aromatic rings. The van der Waals surface area contributed by atoms with E-state index < -0.39 is 11.7 Å². The van der Waals surface area contributed by atoms with Gasteiger partial charge in [0.1, 0.15) is 5.82 Å². The number of nitrogens with zero attached hydrogens (tertiary/aromatic N) is 2. The highest BCUT2D eigenvalue weighted by molar-refractivity contribution is 5.94. The van der Waals surface area contributed by atoms with Gasteiger partial charge in [0, 0.05) is 6.20 Å². The molecule has 0 unspecified atom stereocenters. The van der Waals surface area contributed by atoms with Crippen LogP contribution >= 0.6 is 0 Å². The summed E-state index contributed by atoms with van der Waals surface area (Å²) in [5.74, 6) is -0.979. The molecular formula is C14H14FN3O. The van der Waals surface area contributed by atoms with E-state index in [1.165, 1.54) is 12.1 Å². The zero-order valence-electron chi connectivity index (χ0n) is 10.8. The van der Waals surface area contributed by atoms with Crippen LogP contribution in [0.5, 0.6) is 0 Å². The average molecular weight is 259 g/mol. The SMILES string of the molecule is Cc1ccc(C(=O)NCc2cnc(C)cn2)c(F)c1. The van der Waals surface area contributed by atoms with Crippen LogP contribution in [0.2, 0.25) is 0 Å². The summed E-state index contributed by atoms with van der Waals surface area (Å²) in [6.07, 6.45) is 3.20. The van der Waals surface area contributed by atoms with Crippen LogP contribution in [0.4, 0.5) is 4.39 Å². The van der Waals surface area contributed by atoms with Crippen molar-refractivity contribution < 1.29 is 9.18 Å². The molecule has 0 aliphatic carbocycles. The van der Waals surface area contributed by atoms with E-state index in [1.54, 1.807) is 25.4 Å². The molecular weight excluding hydrogens is 245 g/mol. The average Bonchev–Trinajstić information content (AvgIpc) is 2.37. The molecule has 98 valence electrons. The third-order valence-electron chi connectivity index (χ3n) is 2.63. The standard InChI is InChI=1S/C14H14FN3O/c1-9-3-4-12(13(15)5-9)14(19)18-8-11-7-16-10(2)6-17-11/h3-7H,8H2,1-2H3,(H,18,19). The van der Waals surface area contributed by atoms with Crippen molar-refractivity contribution in [2.24, 2.45) is 0 Å². The Labute approximate surface area is 110 Å². The molecule has 0 spiro atoms. The molecule has 1 aromatic carbocycles. The maximum atomic E-state index is 13.6. The summed E-state index contributed by atoms with van der Waals surface area (Å²) >= 11 is 0. The number of carbonyl (C=O) groups excluding carboxylic acids is 1. The lowest BCUT2D eigenvalue weighted by molar-refractivity contribution is 0.0946. The summed E-state index contributed by atoms with van der Waals surface area (Å²) in [7, 11) is 0. The summed E-state index contributed by atoms with van der Waals surface area (Å²) < 4.78 is 13.6. The van der Waals surface area contributed by atoms with Crippen molar-refractivity contribution in [2.75, 3.05) is 0 Å². The lowest BCUT2D eigenvalue weighted by Gasteiger charge is -2.06. The van der Waals surface area contributed by atoms with Crippen LogP contribution in [0.1, 0.15) is 27.3 Å². The fourth-order valence-corrected chi connectivity index (χ4v) is 1.58. The molecule has 1 aromatic heterocycles. The summed E-state index contributed by atoms with van der Waals surface area (Å²) in [4.78, 5) is 20.0. The number of amides is 1. The molecule has 4 nitrogen and oxygen atoms in total. The Kier molecular flexibility index (Phi) is 3.85. The van der Waals surface area contributed by atoms with Gasteiger partial charge < -0.3 is 5.32 Å². The second-order valence-corrected chi connectivity index (χ2v) is 4.32. The lowest BCUT2D eigenvalue weighted by atomic mass is 10.1. The monoisotopic (exact) mass is 259 g/mol. The van der Waals surface area contributed by atoms with Crippen LogP contribution in [0.25, 0.3) is 0 Å². The first-order chi connectivity index (χ1) is 9.06. The van der Waals surface area contributed by atoms with E-state index in [2.05, 4.69) is 15.3 Å². The molecule has 2 rings (SSSR count). The predicted octanol–water partition coefficient (Wildman–Crippen LogP) is 2.16. The zero-order valence-corrected chi connectivity index (χ0v) is 10.8. The van der Waals surface area contributed by atoms with Crippen LogP contribution < -0.4 is 5.32 Å². The Bertz CT molecular complexity index is 596. The van der Waals surface area contributed by atoms with Gasteiger partial charge in [0.05, 0.1) is 29.7 Å². The topological polar surface area (TPSA) is 54.9 Å². The number of carbonyl (C=O) groups is 1. The van der Waals surface area contributed by atoms with Gasteiger partial charge in [-0.2, -0.15) is 0 Å². The van der Waals surface area contributed by atoms with Gasteiger partial charge in [0.2, 0.25) is 0 Å². The zero-order chi connectivity index (χ0) is 13.8. The fourth-order valence-electron chi connectivity index (χ4n) is 1.58. The van der Waals surface area contributed by atoms with Crippen molar-refractivity contribution in [1.82, 2.24) is 15.3 Å². The summed E-state index contributed by atoms with van der Waals surface area (Å²) in [6, 6.07) is 4.51. The molecule has 0 fully saturated rings.